The van der Waals surface area contributed by atoms with Crippen molar-refractivity contribution in [2.24, 2.45) is 0 Å². The third kappa shape index (κ3) is 4.60. The van der Waals surface area contributed by atoms with Gasteiger partial charge in [0.25, 0.3) is 11.8 Å². The van der Waals surface area contributed by atoms with E-state index in [-0.39, 0.29) is 22.7 Å². The maximum absolute atomic E-state index is 13.6. The molecule has 0 saturated carbocycles. The summed E-state index contributed by atoms with van der Waals surface area (Å²) in [7, 11) is 0. The Morgan fingerprint density at radius 3 is 2.26 bits per heavy atom. The average Bonchev–Trinajstić information content (AvgIpc) is 2.48. The molecule has 2 N–H and O–H groups in total. The highest BCUT2D eigenvalue weighted by atomic mass is 19.1. The summed E-state index contributed by atoms with van der Waals surface area (Å²) in [6.45, 7) is 5.56. The number of pyridine rings is 1. The number of rotatable bonds is 3. The van der Waals surface area contributed by atoms with E-state index in [0.717, 1.165) is 0 Å². The van der Waals surface area contributed by atoms with Gasteiger partial charge in [-0.3, -0.25) is 14.6 Å². The largest absolute Gasteiger partial charge is 0.347 e. The quantitative estimate of drug-likeness (QED) is 0.914. The fourth-order valence-electron chi connectivity index (χ4n) is 1.86. The van der Waals surface area contributed by atoms with Crippen LogP contribution in [0.3, 0.4) is 0 Å². The fraction of sp³-hybridized carbons (Fsp3) is 0.235. The highest BCUT2D eigenvalue weighted by Gasteiger charge is 2.17. The van der Waals surface area contributed by atoms with Crippen molar-refractivity contribution in [2.75, 3.05) is 5.32 Å². The van der Waals surface area contributed by atoms with Gasteiger partial charge >= 0.3 is 0 Å². The van der Waals surface area contributed by atoms with Crippen LogP contribution in [0.5, 0.6) is 0 Å². The molecule has 0 aliphatic rings. The molecule has 0 fully saturated rings. The van der Waals surface area contributed by atoms with Gasteiger partial charge in [-0.05, 0) is 39.0 Å². The summed E-state index contributed by atoms with van der Waals surface area (Å²) in [5.74, 6) is -1.39. The Hall–Kier alpha value is -2.76. The van der Waals surface area contributed by atoms with Gasteiger partial charge in [-0.2, -0.15) is 0 Å². The summed E-state index contributed by atoms with van der Waals surface area (Å²) >= 11 is 0. The van der Waals surface area contributed by atoms with Crippen molar-refractivity contribution in [2.45, 2.75) is 26.3 Å². The zero-order valence-corrected chi connectivity index (χ0v) is 13.2. The summed E-state index contributed by atoms with van der Waals surface area (Å²) in [5, 5.41) is 5.24. The molecule has 23 heavy (non-hydrogen) atoms. The van der Waals surface area contributed by atoms with Crippen molar-refractivity contribution in [3.63, 3.8) is 0 Å². The number of halogens is 1. The Bertz CT molecular complexity index is 739. The van der Waals surface area contributed by atoms with Crippen LogP contribution in [-0.4, -0.2) is 22.3 Å². The van der Waals surface area contributed by atoms with Crippen LogP contribution < -0.4 is 10.6 Å². The highest BCUT2D eigenvalue weighted by molar-refractivity contribution is 6.05. The maximum atomic E-state index is 13.6. The first-order valence-electron chi connectivity index (χ1n) is 7.10. The van der Waals surface area contributed by atoms with E-state index < -0.39 is 17.3 Å². The summed E-state index contributed by atoms with van der Waals surface area (Å²) in [6, 6.07) is 7.27. The number of amides is 2. The highest BCUT2D eigenvalue weighted by Crippen LogP contribution is 2.14. The molecular formula is C17H18FN3O2. The van der Waals surface area contributed by atoms with Gasteiger partial charge in [-0.25, -0.2) is 4.39 Å². The number of carbonyl (C=O) groups is 2. The topological polar surface area (TPSA) is 71.1 Å². The van der Waals surface area contributed by atoms with E-state index in [4.69, 9.17) is 0 Å². The van der Waals surface area contributed by atoms with Gasteiger partial charge in [-0.1, -0.05) is 12.1 Å². The van der Waals surface area contributed by atoms with E-state index in [9.17, 15) is 14.0 Å². The Morgan fingerprint density at radius 1 is 1.04 bits per heavy atom. The molecule has 2 amide bonds. The van der Waals surface area contributed by atoms with Crippen molar-refractivity contribution in [3.05, 3.63) is 59.7 Å². The molecule has 0 unspecified atom stereocenters. The fourth-order valence-corrected chi connectivity index (χ4v) is 1.86. The number of hydrogen-bond donors (Lipinski definition) is 2. The molecule has 1 heterocycles. The number of nitrogens with zero attached hydrogens (tertiary/aromatic N) is 1. The van der Waals surface area contributed by atoms with Gasteiger partial charge in [0.1, 0.15) is 5.82 Å². The summed E-state index contributed by atoms with van der Waals surface area (Å²) < 4.78 is 13.6. The smallest absolute Gasteiger partial charge is 0.257 e. The lowest BCUT2D eigenvalue weighted by Crippen LogP contribution is -2.40. The van der Waals surface area contributed by atoms with Crippen molar-refractivity contribution in [1.29, 1.82) is 0 Å². The Kier molecular flexibility index (Phi) is 4.74. The number of carbonyl (C=O) groups excluding carboxylic acids is 2. The van der Waals surface area contributed by atoms with Crippen LogP contribution in [0.4, 0.5) is 10.1 Å². The maximum Gasteiger partial charge on any atom is 0.257 e. The predicted molar refractivity (Wildman–Crippen MR) is 85.8 cm³/mol. The zero-order valence-electron chi connectivity index (χ0n) is 13.2. The lowest BCUT2D eigenvalue weighted by molar-refractivity contribution is 0.0919. The van der Waals surface area contributed by atoms with Crippen LogP contribution in [0.15, 0.2) is 42.7 Å². The summed E-state index contributed by atoms with van der Waals surface area (Å²) in [4.78, 5) is 28.2. The first-order valence-corrected chi connectivity index (χ1v) is 7.10. The Balaban J connectivity index is 2.18. The van der Waals surface area contributed by atoms with Crippen molar-refractivity contribution in [1.82, 2.24) is 10.3 Å². The summed E-state index contributed by atoms with van der Waals surface area (Å²) in [5.41, 5.74) is 0.112. The lowest BCUT2D eigenvalue weighted by Gasteiger charge is -2.20. The number of benzene rings is 1. The van der Waals surface area contributed by atoms with Gasteiger partial charge in [0.05, 0.1) is 16.8 Å². The van der Waals surface area contributed by atoms with Crippen LogP contribution in [0.2, 0.25) is 0 Å². The van der Waals surface area contributed by atoms with Gasteiger partial charge in [-0.15, -0.1) is 0 Å². The van der Waals surface area contributed by atoms with Gasteiger partial charge in [0.15, 0.2) is 0 Å². The first kappa shape index (κ1) is 16.6. The van der Waals surface area contributed by atoms with Crippen molar-refractivity contribution >= 4 is 17.5 Å². The second kappa shape index (κ2) is 6.56. The molecule has 1 aromatic carbocycles. The van der Waals surface area contributed by atoms with E-state index in [1.54, 1.807) is 6.07 Å². The third-order valence-electron chi connectivity index (χ3n) is 2.87. The van der Waals surface area contributed by atoms with E-state index in [2.05, 4.69) is 15.6 Å². The number of para-hydroxylation sites is 1. The van der Waals surface area contributed by atoms with Crippen LogP contribution in [0, 0.1) is 5.82 Å². The molecule has 5 nitrogen and oxygen atoms in total. The molecule has 0 aliphatic heterocycles. The molecule has 2 rings (SSSR count). The van der Waals surface area contributed by atoms with E-state index in [1.165, 1.54) is 36.7 Å². The van der Waals surface area contributed by atoms with Gasteiger partial charge in [0.2, 0.25) is 0 Å². The molecule has 0 bridgehead atoms. The van der Waals surface area contributed by atoms with Crippen LogP contribution >= 0.6 is 0 Å². The monoisotopic (exact) mass is 315 g/mol. The van der Waals surface area contributed by atoms with E-state index >= 15 is 0 Å². The molecule has 0 spiro atoms. The second-order valence-corrected chi connectivity index (χ2v) is 6.10. The molecule has 2 aromatic rings. The molecule has 120 valence electrons. The minimum atomic E-state index is -0.534. The molecule has 1 aromatic heterocycles. The van der Waals surface area contributed by atoms with Crippen LogP contribution in [-0.2, 0) is 0 Å². The second-order valence-electron chi connectivity index (χ2n) is 6.10. The molecule has 0 aliphatic carbocycles. The average molecular weight is 315 g/mol. The summed E-state index contributed by atoms with van der Waals surface area (Å²) in [6.07, 6.45) is 2.70. The van der Waals surface area contributed by atoms with Crippen molar-refractivity contribution < 1.29 is 14.0 Å². The normalized spacial score (nSPS) is 11.0. The third-order valence-corrected chi connectivity index (χ3v) is 2.87. The minimum Gasteiger partial charge on any atom is -0.347 e. The zero-order chi connectivity index (χ0) is 17.0. The van der Waals surface area contributed by atoms with E-state index in [1.807, 2.05) is 20.8 Å². The number of nitrogens with one attached hydrogen (secondary N) is 2. The minimum absolute atomic E-state index is 0.0713. The van der Waals surface area contributed by atoms with Gasteiger partial charge in [0, 0.05) is 17.9 Å². The standard InChI is InChI=1S/C17H18FN3O2/c1-17(2,3)21-16(23)12-8-11(9-19-10-12)15(22)20-14-7-5-4-6-13(14)18/h4-10H,1-3H3,(H,20,22)(H,21,23). The number of aromatic nitrogens is 1. The molecular weight excluding hydrogens is 297 g/mol. The lowest BCUT2D eigenvalue weighted by atomic mass is 10.1. The van der Waals surface area contributed by atoms with Crippen LogP contribution in [0.1, 0.15) is 41.5 Å². The van der Waals surface area contributed by atoms with E-state index in [0.29, 0.717) is 0 Å². The molecule has 0 atom stereocenters. The number of anilines is 1. The van der Waals surface area contributed by atoms with Crippen molar-refractivity contribution in [3.8, 4) is 0 Å². The van der Waals surface area contributed by atoms with Crippen LogP contribution in [0.25, 0.3) is 0 Å². The number of hydrogen-bond acceptors (Lipinski definition) is 3. The molecule has 6 heteroatoms. The SMILES string of the molecule is CC(C)(C)NC(=O)c1cncc(C(=O)Nc2ccccc2F)c1. The predicted octanol–water partition coefficient (Wildman–Crippen LogP) is 3.00. The van der Waals surface area contributed by atoms with Gasteiger partial charge < -0.3 is 10.6 Å². The molecule has 0 saturated heterocycles. The molecule has 0 radical (unpaired) electrons. The Morgan fingerprint density at radius 2 is 1.65 bits per heavy atom. The first-order chi connectivity index (χ1) is 10.8. The Labute approximate surface area is 133 Å².